The van der Waals surface area contributed by atoms with Crippen LogP contribution in [0.15, 0.2) is 18.2 Å². The van der Waals surface area contributed by atoms with Gasteiger partial charge in [-0.1, -0.05) is 0 Å². The molecule has 1 atom stereocenters. The van der Waals surface area contributed by atoms with E-state index in [2.05, 4.69) is 16.2 Å². The Hall–Kier alpha value is -2.14. The molecule has 0 radical (unpaired) electrons. The van der Waals surface area contributed by atoms with Crippen molar-refractivity contribution in [3.05, 3.63) is 33.9 Å². The van der Waals surface area contributed by atoms with E-state index in [-0.39, 0.29) is 16.9 Å². The first-order chi connectivity index (χ1) is 11.3. The molecule has 0 amide bonds. The van der Waals surface area contributed by atoms with Gasteiger partial charge >= 0.3 is 6.18 Å². The summed E-state index contributed by atoms with van der Waals surface area (Å²) in [6.45, 7) is 1.17. The first-order valence-electron chi connectivity index (χ1n) is 7.04. The largest absolute Gasteiger partial charge is 0.416 e. The summed E-state index contributed by atoms with van der Waals surface area (Å²) in [5.41, 5.74) is 3.01. The van der Waals surface area contributed by atoms with Crippen molar-refractivity contribution in [1.82, 2.24) is 10.7 Å². The summed E-state index contributed by atoms with van der Waals surface area (Å²) in [7, 11) is 0. The molecule has 0 spiro atoms. The van der Waals surface area contributed by atoms with E-state index in [9.17, 15) is 23.3 Å². The van der Waals surface area contributed by atoms with Gasteiger partial charge in [0.05, 0.1) is 16.6 Å². The Morgan fingerprint density at radius 1 is 1.46 bits per heavy atom. The van der Waals surface area contributed by atoms with Crippen LogP contribution in [0.5, 0.6) is 0 Å². The van der Waals surface area contributed by atoms with Gasteiger partial charge in [-0.2, -0.15) is 13.2 Å². The molecular weight excluding hydrogens is 349 g/mol. The second kappa shape index (κ2) is 7.62. The predicted molar refractivity (Wildman–Crippen MR) is 84.4 cm³/mol. The Morgan fingerprint density at radius 3 is 2.79 bits per heavy atom. The molecule has 1 aliphatic heterocycles. The molecule has 0 unspecified atom stereocenters. The van der Waals surface area contributed by atoms with Crippen LogP contribution in [-0.2, 0) is 10.9 Å². The predicted octanol–water partition coefficient (Wildman–Crippen LogP) is 2.58. The molecule has 1 heterocycles. The number of nitro benzene ring substituents is 1. The molecule has 132 valence electrons. The van der Waals surface area contributed by atoms with Gasteiger partial charge in [0, 0.05) is 19.2 Å². The van der Waals surface area contributed by atoms with Crippen molar-refractivity contribution in [1.29, 1.82) is 0 Å². The lowest BCUT2D eigenvalue weighted by molar-refractivity contribution is -0.384. The van der Waals surface area contributed by atoms with Crippen LogP contribution in [-0.4, -0.2) is 29.3 Å². The highest BCUT2D eigenvalue weighted by Crippen LogP contribution is 2.34. The fraction of sp³-hybridized carbons (Fsp3) is 0.462. The minimum Gasteiger partial charge on any atom is -0.376 e. The maximum atomic E-state index is 12.6. The second-order valence-electron chi connectivity index (χ2n) is 5.08. The van der Waals surface area contributed by atoms with Gasteiger partial charge in [-0.3, -0.25) is 21.0 Å². The molecule has 24 heavy (non-hydrogen) atoms. The molecule has 7 nitrogen and oxygen atoms in total. The lowest BCUT2D eigenvalue weighted by Crippen LogP contribution is -2.42. The van der Waals surface area contributed by atoms with Crippen LogP contribution >= 0.6 is 12.2 Å². The van der Waals surface area contributed by atoms with Crippen LogP contribution in [0.25, 0.3) is 0 Å². The number of benzene rings is 1. The minimum absolute atomic E-state index is 0.0464. The quantitative estimate of drug-likeness (QED) is 0.420. The molecule has 0 aliphatic carbocycles. The van der Waals surface area contributed by atoms with E-state index < -0.39 is 22.4 Å². The number of anilines is 1. The van der Waals surface area contributed by atoms with Crippen molar-refractivity contribution in [3.8, 4) is 0 Å². The number of ether oxygens (including phenoxy) is 1. The lowest BCUT2D eigenvalue weighted by atomic mass is 10.1. The monoisotopic (exact) mass is 364 g/mol. The lowest BCUT2D eigenvalue weighted by Gasteiger charge is -2.15. The zero-order valence-corrected chi connectivity index (χ0v) is 13.2. The molecule has 1 aromatic rings. The van der Waals surface area contributed by atoms with Crippen molar-refractivity contribution in [2.45, 2.75) is 25.1 Å². The fourth-order valence-electron chi connectivity index (χ4n) is 2.14. The molecular formula is C13H15F3N4O3S. The molecule has 1 aromatic carbocycles. The van der Waals surface area contributed by atoms with Gasteiger partial charge in [-0.05, 0) is 37.2 Å². The van der Waals surface area contributed by atoms with E-state index in [4.69, 9.17) is 17.0 Å². The van der Waals surface area contributed by atoms with Crippen molar-refractivity contribution >= 4 is 28.7 Å². The van der Waals surface area contributed by atoms with E-state index in [0.717, 1.165) is 25.0 Å². The fourth-order valence-corrected chi connectivity index (χ4v) is 2.28. The molecule has 1 aliphatic rings. The van der Waals surface area contributed by atoms with E-state index in [1.54, 1.807) is 0 Å². The Bertz CT molecular complexity index is 621. The Labute approximate surface area is 140 Å². The summed E-state index contributed by atoms with van der Waals surface area (Å²) in [6, 6.07) is 2.18. The Balaban J connectivity index is 1.95. The van der Waals surface area contributed by atoms with Crippen molar-refractivity contribution in [2.24, 2.45) is 0 Å². The van der Waals surface area contributed by atoms with Crippen molar-refractivity contribution in [3.63, 3.8) is 0 Å². The third kappa shape index (κ3) is 4.93. The molecule has 0 bridgehead atoms. The van der Waals surface area contributed by atoms with Crippen LogP contribution in [0.3, 0.4) is 0 Å². The van der Waals surface area contributed by atoms with Crippen molar-refractivity contribution in [2.75, 3.05) is 18.6 Å². The first kappa shape index (κ1) is 18.2. The van der Waals surface area contributed by atoms with Crippen LogP contribution in [0.1, 0.15) is 18.4 Å². The highest BCUT2D eigenvalue weighted by molar-refractivity contribution is 7.80. The molecule has 11 heteroatoms. The summed E-state index contributed by atoms with van der Waals surface area (Å²) in [5, 5.41) is 14.0. The number of nitro groups is 1. The van der Waals surface area contributed by atoms with E-state index in [1.165, 1.54) is 0 Å². The van der Waals surface area contributed by atoms with Crippen LogP contribution in [0.4, 0.5) is 24.5 Å². The number of nitrogens with zero attached hydrogens (tertiary/aromatic N) is 1. The average Bonchev–Trinajstić information content (AvgIpc) is 3.03. The zero-order valence-electron chi connectivity index (χ0n) is 12.4. The van der Waals surface area contributed by atoms with Crippen LogP contribution < -0.4 is 16.2 Å². The minimum atomic E-state index is -4.66. The first-order valence-corrected chi connectivity index (χ1v) is 7.45. The topological polar surface area (TPSA) is 88.5 Å². The smallest absolute Gasteiger partial charge is 0.376 e. The number of alkyl halides is 3. The third-order valence-corrected chi connectivity index (χ3v) is 3.59. The third-order valence-electron chi connectivity index (χ3n) is 3.35. The van der Waals surface area contributed by atoms with Crippen LogP contribution in [0, 0.1) is 10.1 Å². The molecule has 0 aromatic heterocycles. The van der Waals surface area contributed by atoms with Gasteiger partial charge in [0.25, 0.3) is 5.69 Å². The summed E-state index contributed by atoms with van der Waals surface area (Å²) in [6.07, 6.45) is -2.73. The van der Waals surface area contributed by atoms with Gasteiger partial charge in [-0.25, -0.2) is 0 Å². The number of halogens is 3. The molecule has 3 N–H and O–H groups in total. The number of hydrazine groups is 1. The zero-order chi connectivity index (χ0) is 17.7. The summed E-state index contributed by atoms with van der Waals surface area (Å²) in [5.74, 6) is 0. The number of rotatable bonds is 5. The summed E-state index contributed by atoms with van der Waals surface area (Å²) < 4.78 is 43.3. The molecule has 1 fully saturated rings. The highest BCUT2D eigenvalue weighted by Gasteiger charge is 2.33. The van der Waals surface area contributed by atoms with E-state index in [1.807, 2.05) is 0 Å². The van der Waals surface area contributed by atoms with Crippen LogP contribution in [0.2, 0.25) is 0 Å². The second-order valence-corrected chi connectivity index (χ2v) is 5.49. The molecule has 0 saturated carbocycles. The maximum Gasteiger partial charge on any atom is 0.416 e. The van der Waals surface area contributed by atoms with Gasteiger partial charge in [-0.15, -0.1) is 0 Å². The number of hydrogen-bond acceptors (Lipinski definition) is 5. The van der Waals surface area contributed by atoms with Gasteiger partial charge < -0.3 is 10.1 Å². The maximum absolute atomic E-state index is 12.6. The standard InChI is InChI=1S/C13H15F3N4O3S/c14-13(15,16)8-3-4-10(11(6-8)20(21)22)18-19-12(24)17-7-9-2-1-5-23-9/h3-4,6,9,18H,1-2,5,7H2,(H2,17,19,24)/t9-/m0/s1. The average molecular weight is 364 g/mol. The SMILES string of the molecule is O=[N+]([O-])c1cc(C(F)(F)F)ccc1NNC(=S)NC[C@@H]1CCCO1. The van der Waals surface area contributed by atoms with Gasteiger partial charge in [0.15, 0.2) is 5.11 Å². The Morgan fingerprint density at radius 2 is 2.21 bits per heavy atom. The highest BCUT2D eigenvalue weighted by atomic mass is 32.1. The Kier molecular flexibility index (Phi) is 5.78. The van der Waals surface area contributed by atoms with E-state index >= 15 is 0 Å². The normalized spacial score (nSPS) is 17.4. The number of nitrogens with one attached hydrogen (secondary N) is 3. The van der Waals surface area contributed by atoms with Gasteiger partial charge in [0.1, 0.15) is 5.69 Å². The van der Waals surface area contributed by atoms with Gasteiger partial charge in [0.2, 0.25) is 0 Å². The van der Waals surface area contributed by atoms with Crippen molar-refractivity contribution < 1.29 is 22.8 Å². The number of hydrogen-bond donors (Lipinski definition) is 3. The molecule has 1 saturated heterocycles. The van der Waals surface area contributed by atoms with E-state index in [0.29, 0.717) is 19.2 Å². The molecule has 2 rings (SSSR count). The number of thiocarbonyl (C=S) groups is 1. The summed E-state index contributed by atoms with van der Waals surface area (Å²) >= 11 is 4.99. The summed E-state index contributed by atoms with van der Waals surface area (Å²) in [4.78, 5) is 10.1.